The summed E-state index contributed by atoms with van der Waals surface area (Å²) in [5.74, 6) is -0.283. The lowest BCUT2D eigenvalue weighted by molar-refractivity contribution is 0.102. The molecule has 0 radical (unpaired) electrons. The number of H-pyrrole nitrogens is 1. The van der Waals surface area contributed by atoms with Gasteiger partial charge >= 0.3 is 0 Å². The summed E-state index contributed by atoms with van der Waals surface area (Å²) in [6, 6.07) is 12.0. The smallest absolute Gasteiger partial charge is 0.272 e. The number of anilines is 2. The van der Waals surface area contributed by atoms with Gasteiger partial charge in [0.2, 0.25) is 0 Å². The first-order chi connectivity index (χ1) is 10.0. The third-order valence-electron chi connectivity index (χ3n) is 3.07. The van der Waals surface area contributed by atoms with E-state index in [0.717, 1.165) is 10.9 Å². The molecule has 4 N–H and O–H groups in total. The van der Waals surface area contributed by atoms with Crippen molar-refractivity contribution in [1.29, 1.82) is 0 Å². The minimum absolute atomic E-state index is 0.283. The molecule has 0 saturated heterocycles. The van der Waals surface area contributed by atoms with Gasteiger partial charge in [0.15, 0.2) is 0 Å². The highest BCUT2D eigenvalue weighted by atomic mass is 35.5. The van der Waals surface area contributed by atoms with Crippen LogP contribution in [0.1, 0.15) is 10.5 Å². The van der Waals surface area contributed by atoms with Gasteiger partial charge in [0.05, 0.1) is 10.7 Å². The zero-order valence-corrected chi connectivity index (χ0v) is 12.3. The summed E-state index contributed by atoms with van der Waals surface area (Å²) < 4.78 is 0. The number of nitrogens with two attached hydrogens (primary N) is 1. The van der Waals surface area contributed by atoms with Gasteiger partial charge < -0.3 is 16.0 Å². The summed E-state index contributed by atoms with van der Waals surface area (Å²) in [4.78, 5) is 15.3. The van der Waals surface area contributed by atoms with Crippen LogP contribution in [0.15, 0.2) is 42.5 Å². The van der Waals surface area contributed by atoms with E-state index in [4.69, 9.17) is 28.9 Å². The van der Waals surface area contributed by atoms with Crippen molar-refractivity contribution in [2.75, 3.05) is 11.1 Å². The maximum Gasteiger partial charge on any atom is 0.272 e. The Bertz CT molecular complexity index is 842. The van der Waals surface area contributed by atoms with Gasteiger partial charge in [-0.1, -0.05) is 23.2 Å². The maximum atomic E-state index is 12.2. The van der Waals surface area contributed by atoms with Gasteiger partial charge in [0.1, 0.15) is 5.69 Å². The van der Waals surface area contributed by atoms with Gasteiger partial charge in [-0.2, -0.15) is 0 Å². The van der Waals surface area contributed by atoms with Crippen molar-refractivity contribution in [3.63, 3.8) is 0 Å². The number of halogens is 2. The molecule has 0 saturated carbocycles. The number of carbonyl (C=O) groups is 1. The highest BCUT2D eigenvalue weighted by Crippen LogP contribution is 2.26. The topological polar surface area (TPSA) is 70.9 Å². The van der Waals surface area contributed by atoms with Crippen LogP contribution in [0.4, 0.5) is 11.4 Å². The van der Waals surface area contributed by atoms with Crippen molar-refractivity contribution in [3.05, 3.63) is 58.2 Å². The molecule has 21 heavy (non-hydrogen) atoms. The van der Waals surface area contributed by atoms with E-state index in [0.29, 0.717) is 27.1 Å². The molecule has 1 aromatic heterocycles. The number of benzene rings is 2. The van der Waals surface area contributed by atoms with Gasteiger partial charge in [0.25, 0.3) is 5.91 Å². The Balaban J connectivity index is 1.89. The number of amides is 1. The molecule has 106 valence electrons. The molecule has 0 bridgehead atoms. The molecule has 0 spiro atoms. The predicted molar refractivity (Wildman–Crippen MR) is 87.1 cm³/mol. The van der Waals surface area contributed by atoms with Crippen LogP contribution in [0.2, 0.25) is 10.0 Å². The fraction of sp³-hybridized carbons (Fsp3) is 0. The van der Waals surface area contributed by atoms with Crippen molar-refractivity contribution in [3.8, 4) is 0 Å². The summed E-state index contributed by atoms with van der Waals surface area (Å²) in [5.41, 5.74) is 8.15. The zero-order chi connectivity index (χ0) is 15.0. The van der Waals surface area contributed by atoms with Gasteiger partial charge in [-0.15, -0.1) is 0 Å². The quantitative estimate of drug-likeness (QED) is 0.616. The van der Waals surface area contributed by atoms with Crippen LogP contribution in [-0.4, -0.2) is 10.9 Å². The molecule has 0 fully saturated rings. The first-order valence-corrected chi connectivity index (χ1v) is 6.93. The van der Waals surface area contributed by atoms with E-state index in [1.54, 1.807) is 36.4 Å². The Kier molecular flexibility index (Phi) is 3.49. The van der Waals surface area contributed by atoms with Crippen LogP contribution in [0, 0.1) is 0 Å². The Hall–Kier alpha value is -2.17. The Labute approximate surface area is 130 Å². The van der Waals surface area contributed by atoms with E-state index < -0.39 is 0 Å². The molecule has 0 aliphatic carbocycles. The minimum atomic E-state index is -0.283. The lowest BCUT2D eigenvalue weighted by Gasteiger charge is -2.06. The molecule has 0 atom stereocenters. The third-order valence-corrected chi connectivity index (χ3v) is 3.62. The van der Waals surface area contributed by atoms with Crippen LogP contribution in [0.25, 0.3) is 10.9 Å². The van der Waals surface area contributed by atoms with Crippen LogP contribution >= 0.6 is 23.2 Å². The monoisotopic (exact) mass is 319 g/mol. The summed E-state index contributed by atoms with van der Waals surface area (Å²) >= 11 is 11.9. The number of hydrogen-bond donors (Lipinski definition) is 3. The number of carbonyl (C=O) groups excluding carboxylic acids is 1. The van der Waals surface area contributed by atoms with Crippen molar-refractivity contribution in [2.45, 2.75) is 0 Å². The van der Waals surface area contributed by atoms with Gasteiger partial charge in [-0.05, 0) is 42.5 Å². The second kappa shape index (κ2) is 5.31. The van der Waals surface area contributed by atoms with E-state index in [1.807, 2.05) is 6.07 Å². The normalized spacial score (nSPS) is 10.8. The summed E-state index contributed by atoms with van der Waals surface area (Å²) in [5, 5.41) is 4.51. The van der Waals surface area contributed by atoms with E-state index in [2.05, 4.69) is 10.3 Å². The minimum Gasteiger partial charge on any atom is -0.399 e. The van der Waals surface area contributed by atoms with Crippen LogP contribution in [-0.2, 0) is 0 Å². The third kappa shape index (κ3) is 2.82. The number of rotatable bonds is 2. The summed E-state index contributed by atoms with van der Waals surface area (Å²) in [6.45, 7) is 0. The second-order valence-corrected chi connectivity index (χ2v) is 5.45. The number of fused-ring (bicyclic) bond motifs is 1. The molecule has 3 rings (SSSR count). The van der Waals surface area contributed by atoms with E-state index in [-0.39, 0.29) is 5.91 Å². The maximum absolute atomic E-state index is 12.2. The number of nitrogen functional groups attached to an aromatic ring is 1. The Morgan fingerprint density at radius 1 is 1.10 bits per heavy atom. The van der Waals surface area contributed by atoms with Gasteiger partial charge in [0, 0.05) is 21.6 Å². The SMILES string of the molecule is Nc1ccc2[nH]c(C(=O)Nc3ccc(Cl)cc3Cl)cc2c1. The zero-order valence-electron chi connectivity index (χ0n) is 10.8. The fourth-order valence-corrected chi connectivity index (χ4v) is 2.51. The number of aromatic nitrogens is 1. The average molecular weight is 320 g/mol. The second-order valence-electron chi connectivity index (χ2n) is 4.61. The Morgan fingerprint density at radius 3 is 2.67 bits per heavy atom. The predicted octanol–water partition coefficient (Wildman–Crippen LogP) is 4.31. The Morgan fingerprint density at radius 2 is 1.90 bits per heavy atom. The highest BCUT2D eigenvalue weighted by molar-refractivity contribution is 6.36. The largest absolute Gasteiger partial charge is 0.399 e. The molecule has 3 aromatic rings. The lowest BCUT2D eigenvalue weighted by Crippen LogP contribution is -2.12. The molecule has 0 aliphatic rings. The van der Waals surface area contributed by atoms with E-state index in [9.17, 15) is 4.79 Å². The van der Waals surface area contributed by atoms with E-state index in [1.165, 1.54) is 0 Å². The first kappa shape index (κ1) is 13.8. The lowest BCUT2D eigenvalue weighted by atomic mass is 10.2. The summed E-state index contributed by atoms with van der Waals surface area (Å²) in [7, 11) is 0. The van der Waals surface area contributed by atoms with Crippen LogP contribution < -0.4 is 11.1 Å². The van der Waals surface area contributed by atoms with Crippen molar-refractivity contribution in [1.82, 2.24) is 4.98 Å². The molecule has 1 amide bonds. The van der Waals surface area contributed by atoms with E-state index >= 15 is 0 Å². The van der Waals surface area contributed by atoms with Crippen LogP contribution in [0.3, 0.4) is 0 Å². The number of hydrogen-bond acceptors (Lipinski definition) is 2. The molecular formula is C15H11Cl2N3O. The molecular weight excluding hydrogens is 309 g/mol. The molecule has 1 heterocycles. The van der Waals surface area contributed by atoms with Crippen LogP contribution in [0.5, 0.6) is 0 Å². The van der Waals surface area contributed by atoms with Gasteiger partial charge in [-0.3, -0.25) is 4.79 Å². The van der Waals surface area contributed by atoms with Gasteiger partial charge in [-0.25, -0.2) is 0 Å². The molecule has 2 aromatic carbocycles. The number of nitrogens with one attached hydrogen (secondary N) is 2. The average Bonchev–Trinajstić information content (AvgIpc) is 2.85. The van der Waals surface area contributed by atoms with Crippen molar-refractivity contribution >= 4 is 51.4 Å². The summed E-state index contributed by atoms with van der Waals surface area (Å²) in [6.07, 6.45) is 0. The highest BCUT2D eigenvalue weighted by Gasteiger charge is 2.11. The standard InChI is InChI=1S/C15H11Cl2N3O/c16-9-1-3-13(11(17)7-9)20-15(21)14-6-8-5-10(18)2-4-12(8)19-14/h1-7,19H,18H2,(H,20,21). The van der Waals surface area contributed by atoms with Crippen molar-refractivity contribution in [2.24, 2.45) is 0 Å². The molecule has 4 nitrogen and oxygen atoms in total. The fourth-order valence-electron chi connectivity index (χ4n) is 2.05. The molecule has 6 heteroatoms. The van der Waals surface area contributed by atoms with Crippen molar-refractivity contribution < 1.29 is 4.79 Å². The molecule has 0 aliphatic heterocycles. The first-order valence-electron chi connectivity index (χ1n) is 6.17. The molecule has 0 unspecified atom stereocenters. The number of aromatic amines is 1.